The number of rotatable bonds is 5. The minimum absolute atomic E-state index is 0.108. The Kier molecular flexibility index (Phi) is 5.88. The molecule has 2 rings (SSSR count). The molecule has 2 saturated carbocycles. The summed E-state index contributed by atoms with van der Waals surface area (Å²) in [5.41, 5.74) is 0. The molecule has 2 unspecified atom stereocenters. The van der Waals surface area contributed by atoms with Crippen molar-refractivity contribution in [3.63, 3.8) is 0 Å². The van der Waals surface area contributed by atoms with Crippen molar-refractivity contribution in [1.82, 2.24) is 5.32 Å². The van der Waals surface area contributed by atoms with Gasteiger partial charge in [0.2, 0.25) is 0 Å². The lowest BCUT2D eigenvalue weighted by molar-refractivity contribution is -0.144. The van der Waals surface area contributed by atoms with Gasteiger partial charge in [-0.2, -0.15) is 0 Å². The van der Waals surface area contributed by atoms with E-state index < -0.39 is 5.97 Å². The maximum absolute atomic E-state index is 11.3. The van der Waals surface area contributed by atoms with Crippen LogP contribution in [0.5, 0.6) is 0 Å². The molecule has 2 atom stereocenters. The molecule has 0 saturated heterocycles. The van der Waals surface area contributed by atoms with E-state index in [4.69, 9.17) is 0 Å². The van der Waals surface area contributed by atoms with E-state index in [1.807, 2.05) is 0 Å². The fourth-order valence-electron chi connectivity index (χ4n) is 4.09. The van der Waals surface area contributed by atoms with Gasteiger partial charge in [0.25, 0.3) is 0 Å². The molecule has 2 N–H and O–H groups in total. The van der Waals surface area contributed by atoms with Gasteiger partial charge in [-0.25, -0.2) is 0 Å². The first-order valence-corrected chi connectivity index (χ1v) is 8.54. The van der Waals surface area contributed by atoms with Crippen LogP contribution in [0.15, 0.2) is 0 Å². The Hall–Kier alpha value is -0.570. The Morgan fingerprint density at radius 1 is 1.10 bits per heavy atom. The fourth-order valence-corrected chi connectivity index (χ4v) is 4.09. The van der Waals surface area contributed by atoms with Gasteiger partial charge in [0, 0.05) is 6.04 Å². The van der Waals surface area contributed by atoms with E-state index in [0.29, 0.717) is 12.0 Å². The van der Waals surface area contributed by atoms with Crippen LogP contribution < -0.4 is 5.32 Å². The van der Waals surface area contributed by atoms with Gasteiger partial charge in [-0.05, 0) is 62.8 Å². The van der Waals surface area contributed by atoms with E-state index in [9.17, 15) is 9.90 Å². The topological polar surface area (TPSA) is 49.3 Å². The average Bonchev–Trinajstić information content (AvgIpc) is 2.45. The summed E-state index contributed by atoms with van der Waals surface area (Å²) in [6.07, 6.45) is 9.47. The lowest BCUT2D eigenvalue weighted by Crippen LogP contribution is -2.41. The van der Waals surface area contributed by atoms with Crippen LogP contribution in [0, 0.1) is 23.7 Å². The molecule has 0 heterocycles. The lowest BCUT2D eigenvalue weighted by Gasteiger charge is -2.34. The molecule has 0 aliphatic heterocycles. The Labute approximate surface area is 123 Å². The Morgan fingerprint density at radius 3 is 2.35 bits per heavy atom. The Morgan fingerprint density at radius 2 is 1.75 bits per heavy atom. The fraction of sp³-hybridized carbons (Fsp3) is 0.941. The monoisotopic (exact) mass is 281 g/mol. The molecule has 116 valence electrons. The van der Waals surface area contributed by atoms with E-state index in [1.54, 1.807) is 0 Å². The highest BCUT2D eigenvalue weighted by Gasteiger charge is 2.31. The zero-order valence-corrected chi connectivity index (χ0v) is 13.1. The van der Waals surface area contributed by atoms with Crippen molar-refractivity contribution in [3.05, 3.63) is 0 Å². The quantitative estimate of drug-likeness (QED) is 0.808. The second kappa shape index (κ2) is 7.44. The van der Waals surface area contributed by atoms with Crippen LogP contribution >= 0.6 is 0 Å². The predicted octanol–water partition coefficient (Wildman–Crippen LogP) is 3.68. The Bertz CT molecular complexity index is 308. The van der Waals surface area contributed by atoms with Gasteiger partial charge < -0.3 is 10.4 Å². The number of hydrogen-bond donors (Lipinski definition) is 2. The summed E-state index contributed by atoms with van der Waals surface area (Å²) in [7, 11) is 0. The second-order valence-corrected chi connectivity index (χ2v) is 7.25. The normalized spacial score (nSPS) is 35.1. The molecule has 2 aliphatic carbocycles. The summed E-state index contributed by atoms with van der Waals surface area (Å²) in [6.45, 7) is 5.57. The minimum Gasteiger partial charge on any atom is -0.481 e. The van der Waals surface area contributed by atoms with Crippen molar-refractivity contribution >= 4 is 5.97 Å². The molecule has 2 fully saturated rings. The van der Waals surface area contributed by atoms with Crippen LogP contribution in [0.1, 0.15) is 65.2 Å². The SMILES string of the molecule is CC(C)C1CCC(NCC2CCCCC2C(=O)O)CC1. The standard InChI is InChI=1S/C17H31NO2/c1-12(2)13-7-9-15(10-8-13)18-11-14-5-3-4-6-16(14)17(19)20/h12-16,18H,3-11H2,1-2H3,(H,19,20). The summed E-state index contributed by atoms with van der Waals surface area (Å²) in [6, 6.07) is 0.626. The van der Waals surface area contributed by atoms with Crippen LogP contribution in [0.4, 0.5) is 0 Å². The van der Waals surface area contributed by atoms with E-state index in [-0.39, 0.29) is 5.92 Å². The molecule has 0 aromatic heterocycles. The molecule has 3 heteroatoms. The molecule has 20 heavy (non-hydrogen) atoms. The van der Waals surface area contributed by atoms with Gasteiger partial charge >= 0.3 is 5.97 Å². The summed E-state index contributed by atoms with van der Waals surface area (Å²) >= 11 is 0. The number of aliphatic carboxylic acids is 1. The first-order valence-electron chi connectivity index (χ1n) is 8.54. The number of nitrogens with one attached hydrogen (secondary N) is 1. The van der Waals surface area contributed by atoms with Gasteiger partial charge in [-0.1, -0.05) is 26.7 Å². The molecule has 0 aromatic rings. The molecule has 3 nitrogen and oxygen atoms in total. The third-order valence-corrected chi connectivity index (χ3v) is 5.61. The smallest absolute Gasteiger partial charge is 0.306 e. The van der Waals surface area contributed by atoms with Crippen LogP contribution in [-0.4, -0.2) is 23.7 Å². The van der Waals surface area contributed by atoms with Crippen molar-refractivity contribution in [1.29, 1.82) is 0 Å². The van der Waals surface area contributed by atoms with Crippen LogP contribution in [0.25, 0.3) is 0 Å². The minimum atomic E-state index is -0.583. The highest BCUT2D eigenvalue weighted by atomic mass is 16.4. The number of hydrogen-bond acceptors (Lipinski definition) is 2. The molecule has 0 amide bonds. The van der Waals surface area contributed by atoms with Gasteiger partial charge in [-0.15, -0.1) is 0 Å². The van der Waals surface area contributed by atoms with E-state index in [2.05, 4.69) is 19.2 Å². The summed E-state index contributed by atoms with van der Waals surface area (Å²) in [5.74, 6) is 1.37. The van der Waals surface area contributed by atoms with Crippen LogP contribution in [-0.2, 0) is 4.79 Å². The third kappa shape index (κ3) is 4.21. The van der Waals surface area contributed by atoms with Gasteiger partial charge in [-0.3, -0.25) is 4.79 Å². The molecule has 0 radical (unpaired) electrons. The number of carbonyl (C=O) groups is 1. The maximum atomic E-state index is 11.3. The molecule has 0 spiro atoms. The Balaban J connectivity index is 1.73. The molecule has 0 aromatic carbocycles. The van der Waals surface area contributed by atoms with E-state index >= 15 is 0 Å². The molecule has 0 bridgehead atoms. The predicted molar refractivity (Wildman–Crippen MR) is 81.7 cm³/mol. The van der Waals surface area contributed by atoms with E-state index in [1.165, 1.54) is 32.1 Å². The largest absolute Gasteiger partial charge is 0.481 e. The van der Waals surface area contributed by atoms with Crippen molar-refractivity contribution in [3.8, 4) is 0 Å². The number of carboxylic acid groups (broad SMARTS) is 1. The van der Waals surface area contributed by atoms with Gasteiger partial charge in [0.05, 0.1) is 5.92 Å². The maximum Gasteiger partial charge on any atom is 0.306 e. The zero-order valence-electron chi connectivity index (χ0n) is 13.1. The number of carboxylic acids is 1. The average molecular weight is 281 g/mol. The van der Waals surface area contributed by atoms with Gasteiger partial charge in [0.15, 0.2) is 0 Å². The van der Waals surface area contributed by atoms with Gasteiger partial charge in [0.1, 0.15) is 0 Å². The second-order valence-electron chi connectivity index (χ2n) is 7.25. The van der Waals surface area contributed by atoms with Crippen LogP contribution in [0.2, 0.25) is 0 Å². The first kappa shape index (κ1) is 15.8. The molecule has 2 aliphatic rings. The summed E-state index contributed by atoms with van der Waals surface area (Å²) in [4.78, 5) is 11.3. The molecular formula is C17H31NO2. The van der Waals surface area contributed by atoms with Crippen molar-refractivity contribution in [2.45, 2.75) is 71.3 Å². The van der Waals surface area contributed by atoms with E-state index in [0.717, 1.165) is 37.6 Å². The van der Waals surface area contributed by atoms with Crippen LogP contribution in [0.3, 0.4) is 0 Å². The highest BCUT2D eigenvalue weighted by Crippen LogP contribution is 2.32. The molecular weight excluding hydrogens is 250 g/mol. The summed E-state index contributed by atoms with van der Waals surface area (Å²) < 4.78 is 0. The van der Waals surface area contributed by atoms with Crippen molar-refractivity contribution in [2.24, 2.45) is 23.7 Å². The van der Waals surface area contributed by atoms with Crippen molar-refractivity contribution in [2.75, 3.05) is 6.54 Å². The van der Waals surface area contributed by atoms with Crippen molar-refractivity contribution < 1.29 is 9.90 Å². The zero-order chi connectivity index (χ0) is 14.5. The summed E-state index contributed by atoms with van der Waals surface area (Å²) in [5, 5.41) is 13.0. The first-order chi connectivity index (χ1) is 9.58. The highest BCUT2D eigenvalue weighted by molar-refractivity contribution is 5.70. The lowest BCUT2D eigenvalue weighted by atomic mass is 9.78. The third-order valence-electron chi connectivity index (χ3n) is 5.61.